The fourth-order valence-electron chi connectivity index (χ4n) is 1.38. The van der Waals surface area contributed by atoms with E-state index in [9.17, 15) is 9.59 Å². The fourth-order valence-corrected chi connectivity index (χ4v) is 1.38. The highest BCUT2D eigenvalue weighted by Crippen LogP contribution is 2.37. The predicted molar refractivity (Wildman–Crippen MR) is 64.0 cm³/mol. The van der Waals surface area contributed by atoms with Gasteiger partial charge in [-0.3, -0.25) is 4.79 Å². The van der Waals surface area contributed by atoms with Gasteiger partial charge >= 0.3 is 5.97 Å². The summed E-state index contributed by atoms with van der Waals surface area (Å²) in [6.07, 6.45) is 4.93. The summed E-state index contributed by atoms with van der Waals surface area (Å²) in [4.78, 5) is 22.2. The van der Waals surface area contributed by atoms with Gasteiger partial charge in [-0.05, 0) is 18.1 Å². The molecule has 1 rings (SSSR count). The first-order valence-electron chi connectivity index (χ1n) is 4.81. The molecule has 0 heterocycles. The van der Waals surface area contributed by atoms with Gasteiger partial charge in [0.15, 0.2) is 11.5 Å². The maximum Gasteiger partial charge on any atom is 0.337 e. The third-order valence-corrected chi connectivity index (χ3v) is 2.15. The van der Waals surface area contributed by atoms with Crippen molar-refractivity contribution in [1.29, 1.82) is 0 Å². The number of hydrogen-bond acceptors (Lipinski definition) is 4. The monoisotopic (exact) mass is 249 g/mol. The Morgan fingerprint density at radius 3 is 2.44 bits per heavy atom. The molecule has 0 fully saturated rings. The molecule has 0 aliphatic carbocycles. The van der Waals surface area contributed by atoms with Crippen LogP contribution in [0.5, 0.6) is 11.5 Å². The topological polar surface area (TPSA) is 84.9 Å². The lowest BCUT2D eigenvalue weighted by molar-refractivity contribution is -0.111. The van der Waals surface area contributed by atoms with Crippen LogP contribution in [0, 0.1) is 12.3 Å². The Hall–Kier alpha value is -2.68. The van der Waals surface area contributed by atoms with Crippen LogP contribution in [0.25, 0.3) is 0 Å². The zero-order valence-corrected chi connectivity index (χ0v) is 9.81. The molecule has 2 N–H and O–H groups in total. The molecule has 6 nitrogen and oxygen atoms in total. The molecular weight excluding hydrogens is 238 g/mol. The van der Waals surface area contributed by atoms with Crippen LogP contribution in [0.4, 0.5) is 5.69 Å². The number of carbonyl (C=O) groups is 2. The summed E-state index contributed by atoms with van der Waals surface area (Å²) in [7, 11) is 2.72. The standard InChI is InChI=1S/C12H11NO5/c1-4-9(14)13-10-7(12(15)16)5-6-8(17-2)11(10)18-3/h1,5-6H,2-3H3,(H,13,14)(H,15,16). The second-order valence-electron chi connectivity index (χ2n) is 3.13. The molecule has 0 saturated carbocycles. The minimum atomic E-state index is -1.22. The average molecular weight is 249 g/mol. The number of carboxylic acid groups (broad SMARTS) is 1. The average Bonchev–Trinajstić information content (AvgIpc) is 2.37. The van der Waals surface area contributed by atoms with Crippen LogP contribution >= 0.6 is 0 Å². The molecule has 1 aromatic rings. The van der Waals surface area contributed by atoms with E-state index in [1.165, 1.54) is 26.4 Å². The normalized spacial score (nSPS) is 9.17. The van der Waals surface area contributed by atoms with E-state index >= 15 is 0 Å². The molecule has 6 heteroatoms. The number of rotatable bonds is 4. The summed E-state index contributed by atoms with van der Waals surface area (Å²) in [5.41, 5.74) is -0.177. The van der Waals surface area contributed by atoms with Crippen LogP contribution in [0.2, 0.25) is 0 Å². The minimum Gasteiger partial charge on any atom is -0.493 e. The second kappa shape index (κ2) is 5.59. The van der Waals surface area contributed by atoms with Gasteiger partial charge in [-0.1, -0.05) is 0 Å². The SMILES string of the molecule is C#CC(=O)Nc1c(C(=O)O)ccc(OC)c1OC. The Balaban J connectivity index is 3.44. The Labute approximate surface area is 104 Å². The highest BCUT2D eigenvalue weighted by Gasteiger charge is 2.20. The number of hydrogen-bond donors (Lipinski definition) is 2. The van der Waals surface area contributed by atoms with E-state index in [-0.39, 0.29) is 22.7 Å². The van der Waals surface area contributed by atoms with Gasteiger partial charge in [0.2, 0.25) is 0 Å². The number of methoxy groups -OCH3 is 2. The van der Waals surface area contributed by atoms with Gasteiger partial charge in [0.05, 0.1) is 19.8 Å². The molecule has 0 aromatic heterocycles. The van der Waals surface area contributed by atoms with Crippen LogP contribution in [0.15, 0.2) is 12.1 Å². The Bertz CT molecular complexity index is 530. The van der Waals surface area contributed by atoms with E-state index in [2.05, 4.69) is 5.32 Å². The van der Waals surface area contributed by atoms with E-state index in [0.717, 1.165) is 0 Å². The molecule has 94 valence electrons. The summed E-state index contributed by atoms with van der Waals surface area (Å²) in [6, 6.07) is 2.71. The third-order valence-electron chi connectivity index (χ3n) is 2.15. The highest BCUT2D eigenvalue weighted by atomic mass is 16.5. The van der Waals surface area contributed by atoms with E-state index in [0.29, 0.717) is 0 Å². The molecule has 0 saturated heterocycles. The summed E-state index contributed by atoms with van der Waals surface area (Å²) < 4.78 is 10.0. The first-order chi connectivity index (χ1) is 8.54. The molecule has 0 bridgehead atoms. The van der Waals surface area contributed by atoms with Crippen molar-refractivity contribution < 1.29 is 24.2 Å². The maximum absolute atomic E-state index is 11.2. The van der Waals surface area contributed by atoms with Crippen LogP contribution in [0.3, 0.4) is 0 Å². The van der Waals surface area contributed by atoms with Crippen molar-refractivity contribution in [2.45, 2.75) is 0 Å². The summed E-state index contributed by atoms with van der Waals surface area (Å²) in [5, 5.41) is 11.3. The minimum absolute atomic E-state index is 0.0349. The molecule has 18 heavy (non-hydrogen) atoms. The molecule has 0 aliphatic rings. The van der Waals surface area contributed by atoms with Crippen molar-refractivity contribution in [3.05, 3.63) is 17.7 Å². The number of amides is 1. The zero-order chi connectivity index (χ0) is 13.7. The molecule has 1 aromatic carbocycles. The second-order valence-corrected chi connectivity index (χ2v) is 3.13. The number of aromatic carboxylic acids is 1. The van der Waals surface area contributed by atoms with Crippen molar-refractivity contribution in [3.63, 3.8) is 0 Å². The van der Waals surface area contributed by atoms with E-state index in [4.69, 9.17) is 21.0 Å². The van der Waals surface area contributed by atoms with Gasteiger partial charge < -0.3 is 19.9 Å². The number of benzene rings is 1. The van der Waals surface area contributed by atoms with Gasteiger partial charge in [-0.15, -0.1) is 6.42 Å². The van der Waals surface area contributed by atoms with Gasteiger partial charge in [-0.2, -0.15) is 0 Å². The Morgan fingerprint density at radius 1 is 1.33 bits per heavy atom. The lowest BCUT2D eigenvalue weighted by Crippen LogP contribution is -2.14. The largest absolute Gasteiger partial charge is 0.493 e. The number of nitrogens with one attached hydrogen (secondary N) is 1. The molecular formula is C12H11NO5. The number of terminal acetylenes is 1. The lowest BCUT2D eigenvalue weighted by atomic mass is 10.1. The first kappa shape index (κ1) is 13.4. The van der Waals surface area contributed by atoms with Gasteiger partial charge in [0.1, 0.15) is 5.69 Å². The van der Waals surface area contributed by atoms with Crippen molar-refractivity contribution in [2.75, 3.05) is 19.5 Å². The van der Waals surface area contributed by atoms with Crippen molar-refractivity contribution in [3.8, 4) is 23.8 Å². The van der Waals surface area contributed by atoms with Gasteiger partial charge in [0.25, 0.3) is 5.91 Å². The predicted octanol–water partition coefficient (Wildman–Crippen LogP) is 0.974. The van der Waals surface area contributed by atoms with Crippen molar-refractivity contribution >= 4 is 17.6 Å². The summed E-state index contributed by atoms with van der Waals surface area (Å²) >= 11 is 0. The van der Waals surface area contributed by atoms with Gasteiger partial charge in [-0.25, -0.2) is 4.79 Å². The fraction of sp³-hybridized carbons (Fsp3) is 0.167. The van der Waals surface area contributed by atoms with Crippen LogP contribution in [-0.2, 0) is 4.79 Å². The molecule has 1 amide bonds. The van der Waals surface area contributed by atoms with Gasteiger partial charge in [0, 0.05) is 0 Å². The lowest BCUT2D eigenvalue weighted by Gasteiger charge is -2.14. The third kappa shape index (κ3) is 2.52. The number of anilines is 1. The quantitative estimate of drug-likeness (QED) is 0.777. The van der Waals surface area contributed by atoms with E-state index < -0.39 is 11.9 Å². The number of ether oxygens (including phenoxy) is 2. The Morgan fingerprint density at radius 2 is 2.00 bits per heavy atom. The van der Waals surface area contributed by atoms with Crippen LogP contribution in [-0.4, -0.2) is 31.2 Å². The number of carbonyl (C=O) groups excluding carboxylic acids is 1. The maximum atomic E-state index is 11.2. The molecule has 0 atom stereocenters. The van der Waals surface area contributed by atoms with Crippen LogP contribution < -0.4 is 14.8 Å². The smallest absolute Gasteiger partial charge is 0.337 e. The summed E-state index contributed by atoms with van der Waals surface area (Å²) in [5.74, 6) is 0.221. The Kier molecular flexibility index (Phi) is 4.16. The molecule has 0 spiro atoms. The molecule has 0 unspecified atom stereocenters. The van der Waals surface area contributed by atoms with E-state index in [1.807, 2.05) is 5.92 Å². The molecule has 0 aliphatic heterocycles. The van der Waals surface area contributed by atoms with Crippen molar-refractivity contribution in [2.24, 2.45) is 0 Å². The summed E-state index contributed by atoms with van der Waals surface area (Å²) in [6.45, 7) is 0. The van der Waals surface area contributed by atoms with Crippen LogP contribution in [0.1, 0.15) is 10.4 Å². The zero-order valence-electron chi connectivity index (χ0n) is 9.81. The van der Waals surface area contributed by atoms with Crippen molar-refractivity contribution in [1.82, 2.24) is 0 Å². The highest BCUT2D eigenvalue weighted by molar-refractivity contribution is 6.08. The molecule has 0 radical (unpaired) electrons. The van der Waals surface area contributed by atoms with E-state index in [1.54, 1.807) is 0 Å². The first-order valence-corrected chi connectivity index (χ1v) is 4.81. The number of carboxylic acids is 1.